The predicted molar refractivity (Wildman–Crippen MR) is 66.7 cm³/mol. The van der Waals surface area contributed by atoms with E-state index in [1.807, 2.05) is 36.7 Å². The lowest BCUT2D eigenvalue weighted by atomic mass is 10.3. The molecular formula is C12H14ClN3. The van der Waals surface area contributed by atoms with Crippen molar-refractivity contribution in [3.8, 4) is 0 Å². The van der Waals surface area contributed by atoms with Crippen LogP contribution in [0.15, 0.2) is 36.7 Å². The van der Waals surface area contributed by atoms with Gasteiger partial charge >= 0.3 is 0 Å². The van der Waals surface area contributed by atoms with E-state index in [0.29, 0.717) is 0 Å². The molecule has 0 fully saturated rings. The zero-order chi connectivity index (χ0) is 11.4. The summed E-state index contributed by atoms with van der Waals surface area (Å²) >= 11 is 5.81. The number of nitrogens with zero attached hydrogens (tertiary/aromatic N) is 2. The molecule has 2 rings (SSSR count). The summed E-state index contributed by atoms with van der Waals surface area (Å²) in [4.78, 5) is 4.29. The van der Waals surface area contributed by atoms with Gasteiger partial charge in [0.15, 0.2) is 0 Å². The fraction of sp³-hybridized carbons (Fsp3) is 0.250. The van der Waals surface area contributed by atoms with Crippen molar-refractivity contribution < 1.29 is 0 Å². The summed E-state index contributed by atoms with van der Waals surface area (Å²) in [5.74, 6) is 1.04. The quantitative estimate of drug-likeness (QED) is 0.882. The van der Waals surface area contributed by atoms with Crippen LogP contribution in [-0.4, -0.2) is 9.55 Å². The fourth-order valence-electron chi connectivity index (χ4n) is 1.54. The topological polar surface area (TPSA) is 29.9 Å². The average molecular weight is 236 g/mol. The van der Waals surface area contributed by atoms with Crippen LogP contribution in [0, 0.1) is 0 Å². The molecule has 0 atom stereocenters. The summed E-state index contributed by atoms with van der Waals surface area (Å²) in [6, 6.07) is 7.66. The summed E-state index contributed by atoms with van der Waals surface area (Å²) < 4.78 is 2.11. The van der Waals surface area contributed by atoms with E-state index in [-0.39, 0.29) is 0 Å². The van der Waals surface area contributed by atoms with Gasteiger partial charge in [-0.1, -0.05) is 11.6 Å². The lowest BCUT2D eigenvalue weighted by Crippen LogP contribution is -2.07. The number of anilines is 1. The van der Waals surface area contributed by atoms with Crippen molar-refractivity contribution >= 4 is 17.3 Å². The van der Waals surface area contributed by atoms with Gasteiger partial charge in [-0.15, -0.1) is 0 Å². The minimum Gasteiger partial charge on any atom is -0.378 e. The van der Waals surface area contributed by atoms with Gasteiger partial charge in [0.25, 0.3) is 0 Å². The van der Waals surface area contributed by atoms with Crippen LogP contribution in [0.3, 0.4) is 0 Å². The highest BCUT2D eigenvalue weighted by Gasteiger charge is 2.00. The predicted octanol–water partition coefficient (Wildman–Crippen LogP) is 3.17. The number of aryl methyl sites for hydroxylation is 1. The molecule has 0 saturated heterocycles. The zero-order valence-electron chi connectivity index (χ0n) is 9.15. The van der Waals surface area contributed by atoms with Gasteiger partial charge in [-0.2, -0.15) is 0 Å². The average Bonchev–Trinajstić information content (AvgIpc) is 2.76. The molecule has 4 heteroatoms. The highest BCUT2D eigenvalue weighted by molar-refractivity contribution is 6.30. The standard InChI is InChI=1S/C12H14ClN3/c1-2-16-8-7-14-12(16)9-15-11-5-3-10(13)4-6-11/h3-8,15H,2,9H2,1H3. The van der Waals surface area contributed by atoms with E-state index < -0.39 is 0 Å². The van der Waals surface area contributed by atoms with Gasteiger partial charge in [-0.05, 0) is 31.2 Å². The van der Waals surface area contributed by atoms with E-state index >= 15 is 0 Å². The van der Waals surface area contributed by atoms with Crippen molar-refractivity contribution in [1.29, 1.82) is 0 Å². The molecule has 0 bridgehead atoms. The first-order valence-electron chi connectivity index (χ1n) is 5.29. The van der Waals surface area contributed by atoms with E-state index in [1.165, 1.54) is 0 Å². The van der Waals surface area contributed by atoms with Crippen LogP contribution < -0.4 is 5.32 Å². The van der Waals surface area contributed by atoms with Crippen LogP contribution >= 0.6 is 11.6 Å². The molecule has 0 saturated carbocycles. The molecule has 0 aliphatic rings. The van der Waals surface area contributed by atoms with Gasteiger partial charge in [-0.25, -0.2) is 4.98 Å². The molecule has 0 unspecified atom stereocenters. The summed E-state index contributed by atoms with van der Waals surface area (Å²) in [6.45, 7) is 3.77. The molecule has 1 aromatic heterocycles. The second-order valence-electron chi connectivity index (χ2n) is 3.49. The largest absolute Gasteiger partial charge is 0.378 e. The van der Waals surface area contributed by atoms with E-state index in [1.54, 1.807) is 0 Å². The van der Waals surface area contributed by atoms with Gasteiger partial charge in [-0.3, -0.25) is 0 Å². The van der Waals surface area contributed by atoms with Gasteiger partial charge in [0.1, 0.15) is 5.82 Å². The first-order valence-corrected chi connectivity index (χ1v) is 5.67. The van der Waals surface area contributed by atoms with Crippen LogP contribution in [0.1, 0.15) is 12.7 Å². The van der Waals surface area contributed by atoms with Crippen LogP contribution in [0.4, 0.5) is 5.69 Å². The Morgan fingerprint density at radius 3 is 2.75 bits per heavy atom. The summed E-state index contributed by atoms with van der Waals surface area (Å²) in [5.41, 5.74) is 1.05. The summed E-state index contributed by atoms with van der Waals surface area (Å²) in [6.07, 6.45) is 3.81. The Kier molecular flexibility index (Phi) is 3.47. The second kappa shape index (κ2) is 5.03. The third-order valence-corrected chi connectivity index (χ3v) is 2.69. The Hall–Kier alpha value is -1.48. The Balaban J connectivity index is 1.99. The third-order valence-electron chi connectivity index (χ3n) is 2.44. The number of rotatable bonds is 4. The molecule has 0 aliphatic heterocycles. The number of aromatic nitrogens is 2. The Bertz CT molecular complexity index is 448. The summed E-state index contributed by atoms with van der Waals surface area (Å²) in [5, 5.41) is 4.06. The van der Waals surface area contributed by atoms with Crippen LogP contribution in [-0.2, 0) is 13.1 Å². The molecule has 1 aromatic carbocycles. The highest BCUT2D eigenvalue weighted by Crippen LogP contribution is 2.14. The maximum Gasteiger partial charge on any atom is 0.128 e. The molecule has 2 aromatic rings. The first-order chi connectivity index (χ1) is 7.79. The zero-order valence-corrected chi connectivity index (χ0v) is 9.91. The minimum atomic E-state index is 0.725. The third kappa shape index (κ3) is 2.55. The normalized spacial score (nSPS) is 10.4. The van der Waals surface area contributed by atoms with Crippen molar-refractivity contribution in [3.63, 3.8) is 0 Å². The van der Waals surface area contributed by atoms with Crippen LogP contribution in [0.25, 0.3) is 0 Å². The van der Waals surface area contributed by atoms with Crippen molar-refractivity contribution in [1.82, 2.24) is 9.55 Å². The maximum atomic E-state index is 5.81. The smallest absolute Gasteiger partial charge is 0.128 e. The molecule has 84 valence electrons. The van der Waals surface area contributed by atoms with Gasteiger partial charge in [0.2, 0.25) is 0 Å². The molecule has 0 amide bonds. The number of hydrogen-bond acceptors (Lipinski definition) is 2. The van der Waals surface area contributed by atoms with E-state index in [4.69, 9.17) is 11.6 Å². The molecule has 1 N–H and O–H groups in total. The second-order valence-corrected chi connectivity index (χ2v) is 3.93. The first kappa shape index (κ1) is 11.0. The van der Waals surface area contributed by atoms with Gasteiger partial charge < -0.3 is 9.88 Å². The molecule has 0 radical (unpaired) electrons. The van der Waals surface area contributed by atoms with Crippen molar-refractivity contribution in [2.24, 2.45) is 0 Å². The number of halogens is 1. The SMILES string of the molecule is CCn1ccnc1CNc1ccc(Cl)cc1. The van der Waals surface area contributed by atoms with Crippen LogP contribution in [0.2, 0.25) is 5.02 Å². The fourth-order valence-corrected chi connectivity index (χ4v) is 1.67. The lowest BCUT2D eigenvalue weighted by molar-refractivity contribution is 0.708. The van der Waals surface area contributed by atoms with E-state index in [9.17, 15) is 0 Å². The van der Waals surface area contributed by atoms with Gasteiger partial charge in [0, 0.05) is 29.6 Å². The van der Waals surface area contributed by atoms with Gasteiger partial charge in [0.05, 0.1) is 6.54 Å². The molecule has 0 spiro atoms. The lowest BCUT2D eigenvalue weighted by Gasteiger charge is -2.07. The number of imidazole rings is 1. The van der Waals surface area contributed by atoms with Crippen LogP contribution in [0.5, 0.6) is 0 Å². The van der Waals surface area contributed by atoms with E-state index in [2.05, 4.69) is 21.8 Å². The number of hydrogen-bond donors (Lipinski definition) is 1. The highest BCUT2D eigenvalue weighted by atomic mass is 35.5. The molecule has 1 heterocycles. The summed E-state index contributed by atoms with van der Waals surface area (Å²) in [7, 11) is 0. The maximum absolute atomic E-state index is 5.81. The Morgan fingerprint density at radius 2 is 2.06 bits per heavy atom. The number of benzene rings is 1. The van der Waals surface area contributed by atoms with Crippen molar-refractivity contribution in [2.75, 3.05) is 5.32 Å². The van der Waals surface area contributed by atoms with Crippen molar-refractivity contribution in [2.45, 2.75) is 20.0 Å². The molecule has 16 heavy (non-hydrogen) atoms. The molecular weight excluding hydrogens is 222 g/mol. The Morgan fingerprint density at radius 1 is 1.31 bits per heavy atom. The van der Waals surface area contributed by atoms with Crippen molar-refractivity contribution in [3.05, 3.63) is 47.5 Å². The number of nitrogens with one attached hydrogen (secondary N) is 1. The minimum absolute atomic E-state index is 0.725. The molecule has 0 aliphatic carbocycles. The molecule has 3 nitrogen and oxygen atoms in total. The van der Waals surface area contributed by atoms with E-state index in [0.717, 1.165) is 29.6 Å². The monoisotopic (exact) mass is 235 g/mol. The Labute approximate surface area is 100 Å².